The maximum Gasteiger partial charge on any atom is 0.409 e. The van der Waals surface area contributed by atoms with Crippen molar-refractivity contribution in [1.29, 1.82) is 0 Å². The van der Waals surface area contributed by atoms with E-state index in [-0.39, 0.29) is 12.2 Å². The number of hydrogen-bond acceptors (Lipinski definition) is 3. The van der Waals surface area contributed by atoms with Crippen LogP contribution in [0, 0.1) is 0 Å². The highest BCUT2D eigenvalue weighted by Crippen LogP contribution is 2.35. The quantitative estimate of drug-likeness (QED) is 0.904. The van der Waals surface area contributed by atoms with Crippen LogP contribution in [0.25, 0.3) is 0 Å². The molecule has 1 heterocycles. The van der Waals surface area contributed by atoms with Crippen LogP contribution in [0.5, 0.6) is 0 Å². The van der Waals surface area contributed by atoms with Crippen molar-refractivity contribution in [2.75, 3.05) is 20.8 Å². The van der Waals surface area contributed by atoms with Crippen LogP contribution in [-0.2, 0) is 11.3 Å². The summed E-state index contributed by atoms with van der Waals surface area (Å²) < 4.78 is 44.9. The van der Waals surface area contributed by atoms with Gasteiger partial charge in [-0.3, -0.25) is 4.68 Å². The molecule has 17 heavy (non-hydrogen) atoms. The van der Waals surface area contributed by atoms with Gasteiger partial charge in [0.25, 0.3) is 0 Å². The summed E-state index contributed by atoms with van der Waals surface area (Å²) in [6.45, 7) is 0.571. The summed E-state index contributed by atoms with van der Waals surface area (Å²) in [5, 5.41) is 6.13. The number of aromatic nitrogens is 2. The molecule has 1 aromatic heterocycles. The maximum atomic E-state index is 12.8. The lowest BCUT2D eigenvalue weighted by molar-refractivity contribution is -0.158. The van der Waals surface area contributed by atoms with Gasteiger partial charge in [-0.05, 0) is 23.0 Å². The van der Waals surface area contributed by atoms with Gasteiger partial charge in [-0.1, -0.05) is 0 Å². The van der Waals surface area contributed by atoms with Crippen molar-refractivity contribution in [2.24, 2.45) is 0 Å². The molecule has 4 nitrogen and oxygen atoms in total. The summed E-state index contributed by atoms with van der Waals surface area (Å²) in [6.07, 6.45) is -3.02. The van der Waals surface area contributed by atoms with E-state index < -0.39 is 12.2 Å². The van der Waals surface area contributed by atoms with E-state index in [1.54, 1.807) is 0 Å². The minimum atomic E-state index is -4.37. The smallest absolute Gasteiger partial charge is 0.383 e. The molecule has 0 saturated heterocycles. The first-order chi connectivity index (χ1) is 7.91. The van der Waals surface area contributed by atoms with Crippen LogP contribution >= 0.6 is 15.9 Å². The van der Waals surface area contributed by atoms with E-state index >= 15 is 0 Å². The van der Waals surface area contributed by atoms with E-state index in [4.69, 9.17) is 4.74 Å². The Morgan fingerprint density at radius 2 is 2.24 bits per heavy atom. The number of ether oxygens (including phenoxy) is 1. The van der Waals surface area contributed by atoms with E-state index in [0.717, 1.165) is 0 Å². The van der Waals surface area contributed by atoms with Gasteiger partial charge in [0.15, 0.2) is 0 Å². The highest BCUT2D eigenvalue weighted by molar-refractivity contribution is 9.10. The fourth-order valence-corrected chi connectivity index (χ4v) is 2.00. The molecular formula is C9H13BrF3N3O. The van der Waals surface area contributed by atoms with Gasteiger partial charge in [-0.15, -0.1) is 0 Å². The fraction of sp³-hybridized carbons (Fsp3) is 0.667. The molecule has 0 aliphatic heterocycles. The molecule has 0 amide bonds. The molecule has 8 heteroatoms. The second kappa shape index (κ2) is 5.83. The SMILES string of the molecule is CNC(c1c(Br)cnn1CCOC)C(F)(F)F. The van der Waals surface area contributed by atoms with Crippen LogP contribution in [0.3, 0.4) is 0 Å². The molecule has 0 radical (unpaired) electrons. The first-order valence-electron chi connectivity index (χ1n) is 4.86. The molecule has 1 atom stereocenters. The van der Waals surface area contributed by atoms with E-state index in [1.165, 1.54) is 25.0 Å². The Balaban J connectivity index is 3.05. The third-order valence-electron chi connectivity index (χ3n) is 2.23. The molecular weight excluding hydrogens is 303 g/mol. The number of halogens is 4. The van der Waals surface area contributed by atoms with Crippen LogP contribution in [0.2, 0.25) is 0 Å². The predicted octanol–water partition coefficient (Wildman–Crippen LogP) is 2.11. The number of methoxy groups -OCH3 is 1. The molecule has 1 aromatic rings. The van der Waals surface area contributed by atoms with Crippen molar-refractivity contribution in [1.82, 2.24) is 15.1 Å². The minimum Gasteiger partial charge on any atom is -0.383 e. The Kier molecular flexibility index (Phi) is 4.96. The lowest BCUT2D eigenvalue weighted by Gasteiger charge is -2.21. The Morgan fingerprint density at radius 3 is 2.71 bits per heavy atom. The number of nitrogens with zero attached hydrogens (tertiary/aromatic N) is 2. The topological polar surface area (TPSA) is 39.1 Å². The normalized spacial score (nSPS) is 14.0. The zero-order chi connectivity index (χ0) is 13.1. The van der Waals surface area contributed by atoms with Gasteiger partial charge in [0.1, 0.15) is 6.04 Å². The summed E-state index contributed by atoms with van der Waals surface area (Å²) >= 11 is 3.08. The van der Waals surface area contributed by atoms with E-state index in [1.807, 2.05) is 0 Å². The zero-order valence-corrected chi connectivity index (χ0v) is 11.0. The highest BCUT2D eigenvalue weighted by atomic mass is 79.9. The summed E-state index contributed by atoms with van der Waals surface area (Å²) in [5.74, 6) is 0. The van der Waals surface area contributed by atoms with Crippen molar-refractivity contribution in [3.05, 3.63) is 16.4 Å². The van der Waals surface area contributed by atoms with Crippen LogP contribution < -0.4 is 5.32 Å². The third-order valence-corrected chi connectivity index (χ3v) is 2.84. The summed E-state index contributed by atoms with van der Waals surface area (Å²) in [4.78, 5) is 0. The van der Waals surface area contributed by atoms with Gasteiger partial charge in [0.2, 0.25) is 0 Å². The molecule has 0 spiro atoms. The van der Waals surface area contributed by atoms with Gasteiger partial charge in [0, 0.05) is 7.11 Å². The second-order valence-corrected chi connectivity index (χ2v) is 4.21. The van der Waals surface area contributed by atoms with Crippen molar-refractivity contribution < 1.29 is 17.9 Å². The average Bonchev–Trinajstić information content (AvgIpc) is 2.57. The predicted molar refractivity (Wildman–Crippen MR) is 59.7 cm³/mol. The van der Waals surface area contributed by atoms with Crippen LogP contribution in [0.1, 0.15) is 11.7 Å². The van der Waals surface area contributed by atoms with Crippen LogP contribution in [0.4, 0.5) is 13.2 Å². The maximum absolute atomic E-state index is 12.8. The molecule has 1 N–H and O–H groups in total. The number of rotatable bonds is 5. The first kappa shape index (κ1) is 14.5. The van der Waals surface area contributed by atoms with Crippen LogP contribution in [0.15, 0.2) is 10.7 Å². The molecule has 0 aliphatic carbocycles. The lowest BCUT2D eigenvalue weighted by Crippen LogP contribution is -2.34. The van der Waals surface area contributed by atoms with Crippen LogP contribution in [-0.4, -0.2) is 36.7 Å². The van der Waals surface area contributed by atoms with Gasteiger partial charge in [-0.25, -0.2) is 0 Å². The molecule has 98 valence electrons. The summed E-state index contributed by atoms with van der Waals surface area (Å²) in [6, 6.07) is -1.75. The average molecular weight is 316 g/mol. The molecule has 0 aromatic carbocycles. The van der Waals surface area contributed by atoms with E-state index in [0.29, 0.717) is 11.1 Å². The van der Waals surface area contributed by atoms with Crippen molar-refractivity contribution in [3.8, 4) is 0 Å². The monoisotopic (exact) mass is 315 g/mol. The van der Waals surface area contributed by atoms with Crippen molar-refractivity contribution in [2.45, 2.75) is 18.8 Å². The van der Waals surface area contributed by atoms with E-state index in [9.17, 15) is 13.2 Å². The Labute approximate surface area is 105 Å². The number of alkyl halides is 3. The second-order valence-electron chi connectivity index (χ2n) is 3.36. The van der Waals surface area contributed by atoms with Gasteiger partial charge in [-0.2, -0.15) is 18.3 Å². The zero-order valence-electron chi connectivity index (χ0n) is 9.38. The highest BCUT2D eigenvalue weighted by Gasteiger charge is 2.42. The van der Waals surface area contributed by atoms with Crippen molar-refractivity contribution in [3.63, 3.8) is 0 Å². The molecule has 1 unspecified atom stereocenters. The molecule has 0 aliphatic rings. The van der Waals surface area contributed by atoms with Crippen molar-refractivity contribution >= 4 is 15.9 Å². The Hall–Kier alpha value is -0.600. The lowest BCUT2D eigenvalue weighted by atomic mass is 10.2. The molecule has 0 fully saturated rings. The standard InChI is InChI=1S/C9H13BrF3N3O/c1-14-8(9(11,12)13)7-6(10)5-15-16(7)3-4-17-2/h5,8,14H,3-4H2,1-2H3. The van der Waals surface area contributed by atoms with Gasteiger partial charge in [0.05, 0.1) is 29.5 Å². The molecule has 1 rings (SSSR count). The third kappa shape index (κ3) is 3.43. The van der Waals surface area contributed by atoms with Gasteiger partial charge >= 0.3 is 6.18 Å². The minimum absolute atomic E-state index is 0.0528. The largest absolute Gasteiger partial charge is 0.409 e. The van der Waals surface area contributed by atoms with E-state index in [2.05, 4.69) is 26.3 Å². The number of hydrogen-bond donors (Lipinski definition) is 1. The number of nitrogens with one attached hydrogen (secondary N) is 1. The summed E-state index contributed by atoms with van der Waals surface area (Å²) in [7, 11) is 2.75. The molecule has 0 saturated carbocycles. The summed E-state index contributed by atoms with van der Waals surface area (Å²) in [5.41, 5.74) is 0.0528. The Morgan fingerprint density at radius 1 is 1.59 bits per heavy atom. The molecule has 0 bridgehead atoms. The fourth-order valence-electron chi connectivity index (χ4n) is 1.47. The van der Waals surface area contributed by atoms with Gasteiger partial charge < -0.3 is 10.1 Å². The Bertz CT molecular complexity index is 367. The first-order valence-corrected chi connectivity index (χ1v) is 5.65.